The zero-order valence-corrected chi connectivity index (χ0v) is 11.6. The van der Waals surface area contributed by atoms with E-state index in [1.807, 2.05) is 27.7 Å². The van der Waals surface area contributed by atoms with Crippen LogP contribution >= 0.6 is 11.3 Å². The molecule has 1 N–H and O–H groups in total. The lowest BCUT2D eigenvalue weighted by Gasteiger charge is -2.21. The zero-order chi connectivity index (χ0) is 13.1. The summed E-state index contributed by atoms with van der Waals surface area (Å²) in [4.78, 5) is 15.9. The average molecular weight is 257 g/mol. The van der Waals surface area contributed by atoms with E-state index >= 15 is 0 Å². The lowest BCUT2D eigenvalue weighted by atomic mass is 10.1. The van der Waals surface area contributed by atoms with Crippen LogP contribution in [0.2, 0.25) is 0 Å². The van der Waals surface area contributed by atoms with Crippen molar-refractivity contribution < 1.29 is 14.6 Å². The first-order valence-corrected chi connectivity index (χ1v) is 6.61. The topological polar surface area (TPSA) is 59.4 Å². The molecule has 0 atom stereocenters. The number of ether oxygens (including phenoxy) is 1. The number of nitrogens with zero attached hydrogens (tertiary/aromatic N) is 1. The Hall–Kier alpha value is -0.940. The van der Waals surface area contributed by atoms with Crippen molar-refractivity contribution in [3.8, 4) is 0 Å². The second-order valence-corrected chi connectivity index (χ2v) is 5.29. The number of carboxylic acid groups (broad SMARTS) is 1. The van der Waals surface area contributed by atoms with E-state index in [-0.39, 0.29) is 0 Å². The number of carbonyl (C=O) groups is 1. The molecule has 4 nitrogen and oxygen atoms in total. The predicted molar refractivity (Wildman–Crippen MR) is 67.7 cm³/mol. The van der Waals surface area contributed by atoms with E-state index in [0.29, 0.717) is 23.6 Å². The first-order chi connectivity index (χ1) is 7.92. The van der Waals surface area contributed by atoms with Gasteiger partial charge in [0.2, 0.25) is 0 Å². The first kappa shape index (κ1) is 14.1. The summed E-state index contributed by atoms with van der Waals surface area (Å²) in [5, 5.41) is 9.87. The number of hydrogen-bond acceptors (Lipinski definition) is 4. The minimum Gasteiger partial charge on any atom is -0.477 e. The van der Waals surface area contributed by atoms with Gasteiger partial charge in [-0.2, -0.15) is 0 Å². The number of carboxylic acids is 1. The summed E-state index contributed by atoms with van der Waals surface area (Å²) >= 11 is 1.22. The van der Waals surface area contributed by atoms with Gasteiger partial charge in [-0.1, -0.05) is 13.3 Å². The van der Waals surface area contributed by atoms with E-state index in [9.17, 15) is 4.79 Å². The van der Waals surface area contributed by atoms with Crippen LogP contribution in [0.4, 0.5) is 0 Å². The molecule has 0 aliphatic heterocycles. The van der Waals surface area contributed by atoms with Crippen LogP contribution in [0.1, 0.15) is 54.5 Å². The highest BCUT2D eigenvalue weighted by molar-refractivity contribution is 7.13. The molecule has 1 rings (SSSR count). The third kappa shape index (κ3) is 3.26. The van der Waals surface area contributed by atoms with Crippen molar-refractivity contribution in [1.29, 1.82) is 0 Å². The van der Waals surface area contributed by atoms with Gasteiger partial charge in [0, 0.05) is 6.61 Å². The number of thiazole rings is 1. The zero-order valence-electron chi connectivity index (χ0n) is 10.7. The fourth-order valence-corrected chi connectivity index (χ4v) is 2.61. The van der Waals surface area contributed by atoms with E-state index in [2.05, 4.69) is 4.98 Å². The fraction of sp³-hybridized carbons (Fsp3) is 0.667. The Morgan fingerprint density at radius 2 is 2.12 bits per heavy atom. The Balaban J connectivity index is 3.10. The van der Waals surface area contributed by atoms with Crippen molar-refractivity contribution in [1.82, 2.24) is 4.98 Å². The van der Waals surface area contributed by atoms with Crippen molar-refractivity contribution in [2.75, 3.05) is 6.61 Å². The Morgan fingerprint density at radius 3 is 2.59 bits per heavy atom. The normalized spacial score (nSPS) is 11.8. The third-order valence-electron chi connectivity index (χ3n) is 2.40. The van der Waals surface area contributed by atoms with Crippen molar-refractivity contribution in [3.63, 3.8) is 0 Å². The molecule has 1 aromatic heterocycles. The number of aromatic nitrogens is 1. The molecule has 1 aromatic rings. The molecule has 0 fully saturated rings. The maximum Gasteiger partial charge on any atom is 0.347 e. The van der Waals surface area contributed by atoms with Crippen LogP contribution in [-0.4, -0.2) is 22.7 Å². The number of aromatic carboxylic acids is 1. The highest BCUT2D eigenvalue weighted by Crippen LogP contribution is 2.31. The monoisotopic (exact) mass is 257 g/mol. The summed E-state index contributed by atoms with van der Waals surface area (Å²) in [5.41, 5.74) is 0.156. The summed E-state index contributed by atoms with van der Waals surface area (Å²) in [6, 6.07) is 0. The molecule has 0 aliphatic carbocycles. The van der Waals surface area contributed by atoms with Gasteiger partial charge in [-0.05, 0) is 27.2 Å². The second kappa shape index (κ2) is 5.60. The Labute approximate surface area is 106 Å². The molecule has 0 aliphatic rings. The summed E-state index contributed by atoms with van der Waals surface area (Å²) in [6.45, 7) is 8.34. The summed E-state index contributed by atoms with van der Waals surface area (Å²) in [7, 11) is 0. The molecular formula is C12H19NO3S. The molecule has 0 saturated heterocycles. The molecule has 0 spiro atoms. The molecule has 17 heavy (non-hydrogen) atoms. The largest absolute Gasteiger partial charge is 0.477 e. The highest BCUT2D eigenvalue weighted by atomic mass is 32.1. The maximum absolute atomic E-state index is 11.1. The van der Waals surface area contributed by atoms with Crippen molar-refractivity contribution in [2.24, 2.45) is 0 Å². The van der Waals surface area contributed by atoms with Gasteiger partial charge >= 0.3 is 5.97 Å². The fourth-order valence-electron chi connectivity index (χ4n) is 1.61. The Kier molecular flexibility index (Phi) is 4.65. The van der Waals surface area contributed by atoms with Crippen LogP contribution in [0.25, 0.3) is 0 Å². The van der Waals surface area contributed by atoms with E-state index in [0.717, 1.165) is 11.4 Å². The SMILES string of the molecule is CCCc1nc(C(C)(C)OCC)sc1C(=O)O. The van der Waals surface area contributed by atoms with Crippen LogP contribution in [0.3, 0.4) is 0 Å². The van der Waals surface area contributed by atoms with Gasteiger partial charge in [0.05, 0.1) is 5.69 Å². The van der Waals surface area contributed by atoms with Gasteiger partial charge in [-0.3, -0.25) is 0 Å². The summed E-state index contributed by atoms with van der Waals surface area (Å²) < 4.78 is 5.60. The quantitative estimate of drug-likeness (QED) is 0.850. The molecule has 1 heterocycles. The van der Waals surface area contributed by atoms with E-state index in [1.54, 1.807) is 0 Å². The first-order valence-electron chi connectivity index (χ1n) is 5.79. The van der Waals surface area contributed by atoms with Gasteiger partial charge in [0.25, 0.3) is 0 Å². The van der Waals surface area contributed by atoms with Crippen LogP contribution in [-0.2, 0) is 16.8 Å². The van der Waals surface area contributed by atoms with E-state index < -0.39 is 11.6 Å². The van der Waals surface area contributed by atoms with Gasteiger partial charge in [0.15, 0.2) is 0 Å². The van der Waals surface area contributed by atoms with Crippen molar-refractivity contribution in [2.45, 2.75) is 46.1 Å². The average Bonchev–Trinajstić information content (AvgIpc) is 2.63. The van der Waals surface area contributed by atoms with Gasteiger partial charge in [-0.25, -0.2) is 9.78 Å². The summed E-state index contributed by atoms with van der Waals surface area (Å²) in [6.07, 6.45) is 1.58. The van der Waals surface area contributed by atoms with Gasteiger partial charge in [0.1, 0.15) is 15.5 Å². The van der Waals surface area contributed by atoms with E-state index in [4.69, 9.17) is 9.84 Å². The van der Waals surface area contributed by atoms with Crippen molar-refractivity contribution in [3.05, 3.63) is 15.6 Å². The highest BCUT2D eigenvalue weighted by Gasteiger charge is 2.28. The van der Waals surface area contributed by atoms with Crippen molar-refractivity contribution >= 4 is 17.3 Å². The number of aryl methyl sites for hydroxylation is 1. The summed E-state index contributed by atoms with van der Waals surface area (Å²) in [5.74, 6) is -0.899. The number of rotatable bonds is 6. The molecule has 0 radical (unpaired) electrons. The number of hydrogen-bond donors (Lipinski definition) is 1. The molecule has 5 heteroatoms. The third-order valence-corrected chi connectivity index (χ3v) is 3.79. The van der Waals surface area contributed by atoms with Gasteiger partial charge < -0.3 is 9.84 Å². The molecule has 0 amide bonds. The van der Waals surface area contributed by atoms with Crippen LogP contribution in [0.5, 0.6) is 0 Å². The molecular weight excluding hydrogens is 238 g/mol. The Bertz CT molecular complexity index is 398. The Morgan fingerprint density at radius 1 is 1.47 bits per heavy atom. The minimum absolute atomic E-state index is 0.342. The van der Waals surface area contributed by atoms with Crippen LogP contribution < -0.4 is 0 Å². The minimum atomic E-state index is -0.899. The maximum atomic E-state index is 11.1. The standard InChI is InChI=1S/C12H19NO3S/c1-5-7-8-9(10(14)15)17-11(13-8)12(3,4)16-6-2/h5-7H2,1-4H3,(H,14,15). The molecule has 0 bridgehead atoms. The van der Waals surface area contributed by atoms with Gasteiger partial charge in [-0.15, -0.1) is 11.3 Å². The molecule has 0 unspecified atom stereocenters. The molecule has 96 valence electrons. The lowest BCUT2D eigenvalue weighted by Crippen LogP contribution is -2.21. The second-order valence-electron chi connectivity index (χ2n) is 4.29. The van der Waals surface area contributed by atoms with E-state index in [1.165, 1.54) is 11.3 Å². The molecule has 0 saturated carbocycles. The lowest BCUT2D eigenvalue weighted by molar-refractivity contribution is -0.0142. The predicted octanol–water partition coefficient (Wildman–Crippen LogP) is 3.07. The molecule has 0 aromatic carbocycles. The van der Waals surface area contributed by atoms with Crippen LogP contribution in [0, 0.1) is 0 Å². The van der Waals surface area contributed by atoms with Crippen LogP contribution in [0.15, 0.2) is 0 Å². The smallest absolute Gasteiger partial charge is 0.347 e.